The van der Waals surface area contributed by atoms with E-state index in [1.54, 1.807) is 26.1 Å². The van der Waals surface area contributed by atoms with Crippen molar-refractivity contribution in [2.75, 3.05) is 18.5 Å². The van der Waals surface area contributed by atoms with E-state index in [0.29, 0.717) is 19.0 Å². The first-order valence-corrected chi connectivity index (χ1v) is 5.31. The van der Waals surface area contributed by atoms with Gasteiger partial charge in [0.05, 0.1) is 18.8 Å². The maximum atomic E-state index is 9.81. The Balaban J connectivity index is 2.16. The molecule has 5 heteroatoms. The zero-order valence-corrected chi connectivity index (χ0v) is 9.82. The highest BCUT2D eigenvalue weighted by atomic mass is 16.5. The van der Waals surface area contributed by atoms with Crippen LogP contribution in [0, 0.1) is 0 Å². The Hall–Kier alpha value is -1.20. The Bertz CT molecular complexity index is 383. The van der Waals surface area contributed by atoms with E-state index in [0.717, 1.165) is 5.82 Å². The molecule has 0 atom stereocenters. The number of ether oxygens (including phenoxy) is 1. The van der Waals surface area contributed by atoms with Crippen LogP contribution < -0.4 is 5.32 Å². The van der Waals surface area contributed by atoms with E-state index in [4.69, 9.17) is 4.74 Å². The summed E-state index contributed by atoms with van der Waals surface area (Å²) in [6, 6.07) is 1.79. The molecule has 0 saturated carbocycles. The molecule has 1 aromatic heterocycles. The van der Waals surface area contributed by atoms with Crippen molar-refractivity contribution in [3.8, 4) is 0 Å². The third-order valence-corrected chi connectivity index (χ3v) is 2.47. The van der Waals surface area contributed by atoms with Gasteiger partial charge in [-0.05, 0) is 26.8 Å². The normalized spacial score (nSPS) is 19.0. The fourth-order valence-electron chi connectivity index (χ4n) is 1.51. The molecule has 16 heavy (non-hydrogen) atoms. The van der Waals surface area contributed by atoms with Crippen LogP contribution in [0.1, 0.15) is 26.6 Å². The maximum absolute atomic E-state index is 9.81. The summed E-state index contributed by atoms with van der Waals surface area (Å²) >= 11 is 0. The molecule has 0 amide bonds. The van der Waals surface area contributed by atoms with Gasteiger partial charge in [-0.15, -0.1) is 0 Å². The molecule has 0 spiro atoms. The molecule has 2 N–H and O–H groups in total. The van der Waals surface area contributed by atoms with E-state index in [2.05, 4.69) is 22.2 Å². The van der Waals surface area contributed by atoms with Crippen LogP contribution in [-0.2, 0) is 10.3 Å². The molecular weight excluding hydrogens is 206 g/mol. The van der Waals surface area contributed by atoms with Gasteiger partial charge in [-0.2, -0.15) is 0 Å². The Morgan fingerprint density at radius 3 is 2.69 bits per heavy atom. The van der Waals surface area contributed by atoms with E-state index in [1.165, 1.54) is 0 Å². The smallest absolute Gasteiger partial charge is 0.161 e. The van der Waals surface area contributed by atoms with Gasteiger partial charge in [-0.3, -0.25) is 0 Å². The van der Waals surface area contributed by atoms with Gasteiger partial charge in [0.1, 0.15) is 11.4 Å². The summed E-state index contributed by atoms with van der Waals surface area (Å²) in [6.45, 7) is 6.76. The molecule has 1 aliphatic heterocycles. The number of nitrogens with one attached hydrogen (secondary N) is 1. The molecular formula is C11H17N3O2. The molecule has 1 saturated heterocycles. The minimum absolute atomic E-state index is 0.0504. The molecule has 0 aliphatic carbocycles. The van der Waals surface area contributed by atoms with Crippen LogP contribution in [0.2, 0.25) is 0 Å². The van der Waals surface area contributed by atoms with Crippen LogP contribution in [0.15, 0.2) is 12.3 Å². The monoisotopic (exact) mass is 223 g/mol. The predicted octanol–water partition coefficient (Wildman–Crippen LogP) is 0.905. The standard InChI is InChI=1S/C11H17N3O2/c1-10(2,15)9-12-5-4-8(13-9)14-11(3)6-16-7-11/h4-5,15H,6-7H2,1-3H3,(H,12,13,14). The Morgan fingerprint density at radius 2 is 2.19 bits per heavy atom. The zero-order valence-electron chi connectivity index (χ0n) is 9.82. The molecule has 88 valence electrons. The van der Waals surface area contributed by atoms with Gasteiger partial charge >= 0.3 is 0 Å². The summed E-state index contributed by atoms with van der Waals surface area (Å²) < 4.78 is 5.15. The van der Waals surface area contributed by atoms with Crippen LogP contribution in [0.3, 0.4) is 0 Å². The van der Waals surface area contributed by atoms with Crippen molar-refractivity contribution < 1.29 is 9.84 Å². The second-order valence-electron chi connectivity index (χ2n) is 5.00. The van der Waals surface area contributed by atoms with E-state index >= 15 is 0 Å². The third-order valence-electron chi connectivity index (χ3n) is 2.47. The number of hydrogen-bond donors (Lipinski definition) is 2. The van der Waals surface area contributed by atoms with Gasteiger partial charge in [-0.25, -0.2) is 9.97 Å². The van der Waals surface area contributed by atoms with E-state index in [1.807, 2.05) is 0 Å². The first-order chi connectivity index (χ1) is 7.39. The molecule has 0 bridgehead atoms. The minimum Gasteiger partial charge on any atom is -0.382 e. The second-order valence-corrected chi connectivity index (χ2v) is 5.00. The summed E-state index contributed by atoms with van der Waals surface area (Å²) in [6.07, 6.45) is 1.64. The lowest BCUT2D eigenvalue weighted by molar-refractivity contribution is -0.0320. The van der Waals surface area contributed by atoms with Gasteiger partial charge in [0.15, 0.2) is 5.82 Å². The number of rotatable bonds is 3. The van der Waals surface area contributed by atoms with Gasteiger partial charge in [0, 0.05) is 6.20 Å². The Morgan fingerprint density at radius 1 is 1.50 bits per heavy atom. The highest BCUT2D eigenvalue weighted by Gasteiger charge is 2.33. The SMILES string of the molecule is CC1(Nc2ccnc(C(C)(C)O)n2)COC1. The Kier molecular flexibility index (Phi) is 2.59. The lowest BCUT2D eigenvalue weighted by Gasteiger charge is -2.39. The second kappa shape index (κ2) is 3.68. The maximum Gasteiger partial charge on any atom is 0.161 e. The average Bonchev–Trinajstić information content (AvgIpc) is 2.14. The van der Waals surface area contributed by atoms with Gasteiger partial charge in [-0.1, -0.05) is 0 Å². The quantitative estimate of drug-likeness (QED) is 0.797. The van der Waals surface area contributed by atoms with Crippen molar-refractivity contribution in [3.63, 3.8) is 0 Å². The lowest BCUT2D eigenvalue weighted by Crippen LogP contribution is -2.53. The topological polar surface area (TPSA) is 67.3 Å². The molecule has 2 rings (SSSR count). The molecule has 5 nitrogen and oxygen atoms in total. The summed E-state index contributed by atoms with van der Waals surface area (Å²) in [5.74, 6) is 1.14. The fourth-order valence-corrected chi connectivity index (χ4v) is 1.51. The molecule has 1 fully saturated rings. The Labute approximate surface area is 94.9 Å². The molecule has 0 unspecified atom stereocenters. The first-order valence-electron chi connectivity index (χ1n) is 5.31. The number of nitrogens with zero attached hydrogens (tertiary/aromatic N) is 2. The molecule has 0 aromatic carbocycles. The fraction of sp³-hybridized carbons (Fsp3) is 0.636. The van der Waals surface area contributed by atoms with E-state index < -0.39 is 5.60 Å². The largest absolute Gasteiger partial charge is 0.382 e. The molecule has 2 heterocycles. The van der Waals surface area contributed by atoms with Gasteiger partial charge < -0.3 is 15.2 Å². The predicted molar refractivity (Wildman–Crippen MR) is 60.1 cm³/mol. The summed E-state index contributed by atoms with van der Waals surface area (Å²) in [7, 11) is 0. The molecule has 0 radical (unpaired) electrons. The number of aliphatic hydroxyl groups is 1. The lowest BCUT2D eigenvalue weighted by atomic mass is 10.0. The van der Waals surface area contributed by atoms with Crippen LogP contribution in [-0.4, -0.2) is 33.8 Å². The summed E-state index contributed by atoms with van der Waals surface area (Å²) in [5, 5.41) is 13.1. The number of hydrogen-bond acceptors (Lipinski definition) is 5. The highest BCUT2D eigenvalue weighted by molar-refractivity contribution is 5.38. The van der Waals surface area contributed by atoms with Gasteiger partial charge in [0.25, 0.3) is 0 Å². The minimum atomic E-state index is -1.02. The van der Waals surface area contributed by atoms with Crippen molar-refractivity contribution in [2.24, 2.45) is 0 Å². The van der Waals surface area contributed by atoms with Crippen molar-refractivity contribution in [3.05, 3.63) is 18.1 Å². The molecule has 1 aliphatic rings. The van der Waals surface area contributed by atoms with Crippen molar-refractivity contribution in [2.45, 2.75) is 31.9 Å². The number of aromatic nitrogens is 2. The summed E-state index contributed by atoms with van der Waals surface area (Å²) in [5.41, 5.74) is -1.07. The van der Waals surface area contributed by atoms with Crippen LogP contribution in [0.4, 0.5) is 5.82 Å². The van der Waals surface area contributed by atoms with Crippen molar-refractivity contribution >= 4 is 5.82 Å². The van der Waals surface area contributed by atoms with Crippen LogP contribution in [0.25, 0.3) is 0 Å². The van der Waals surface area contributed by atoms with Crippen molar-refractivity contribution in [1.29, 1.82) is 0 Å². The van der Waals surface area contributed by atoms with Crippen LogP contribution in [0.5, 0.6) is 0 Å². The van der Waals surface area contributed by atoms with E-state index in [9.17, 15) is 5.11 Å². The average molecular weight is 223 g/mol. The molecule has 1 aromatic rings. The van der Waals surface area contributed by atoms with Crippen molar-refractivity contribution in [1.82, 2.24) is 9.97 Å². The highest BCUT2D eigenvalue weighted by Crippen LogP contribution is 2.22. The van der Waals surface area contributed by atoms with Crippen LogP contribution >= 0.6 is 0 Å². The van der Waals surface area contributed by atoms with Gasteiger partial charge in [0.2, 0.25) is 0 Å². The zero-order chi connectivity index (χ0) is 11.8. The summed E-state index contributed by atoms with van der Waals surface area (Å²) in [4.78, 5) is 8.34. The van der Waals surface area contributed by atoms with E-state index in [-0.39, 0.29) is 5.54 Å². The first kappa shape index (κ1) is 11.3. The third kappa shape index (κ3) is 2.31. The number of anilines is 1.